The topological polar surface area (TPSA) is 69.7 Å². The Hall–Kier alpha value is -1.40. The number of piperidine rings is 1. The molecule has 0 aromatic carbocycles. The van der Waals surface area contributed by atoms with Crippen LogP contribution in [0.15, 0.2) is 6.33 Å². The fourth-order valence-electron chi connectivity index (χ4n) is 2.66. The average Bonchev–Trinajstić information content (AvgIpc) is 2.80. The smallest absolute Gasteiger partial charge is 0.226 e. The van der Waals surface area contributed by atoms with E-state index in [0.29, 0.717) is 17.6 Å². The number of aromatic nitrogens is 4. The minimum atomic E-state index is 0.225. The molecular formula is C12H17ClN6. The van der Waals surface area contributed by atoms with E-state index in [2.05, 4.69) is 44.1 Å². The quantitative estimate of drug-likeness (QED) is 0.821. The first kappa shape index (κ1) is 12.6. The number of hydrogen-bond donors (Lipinski definition) is 2. The van der Waals surface area contributed by atoms with Crippen molar-refractivity contribution in [1.29, 1.82) is 0 Å². The van der Waals surface area contributed by atoms with Crippen molar-refractivity contribution in [3.8, 4) is 0 Å². The fourth-order valence-corrected chi connectivity index (χ4v) is 2.82. The van der Waals surface area contributed by atoms with Gasteiger partial charge in [-0.2, -0.15) is 9.97 Å². The number of halogens is 1. The highest BCUT2D eigenvalue weighted by Gasteiger charge is 2.25. The maximum absolute atomic E-state index is 5.93. The Morgan fingerprint density at radius 1 is 1.47 bits per heavy atom. The van der Waals surface area contributed by atoms with Gasteiger partial charge < -0.3 is 15.2 Å². The highest BCUT2D eigenvalue weighted by Crippen LogP contribution is 2.24. The molecule has 102 valence electrons. The van der Waals surface area contributed by atoms with Crippen molar-refractivity contribution in [2.45, 2.75) is 19.4 Å². The van der Waals surface area contributed by atoms with Gasteiger partial charge in [-0.15, -0.1) is 0 Å². The van der Waals surface area contributed by atoms with E-state index in [1.54, 1.807) is 6.33 Å². The van der Waals surface area contributed by atoms with Crippen LogP contribution in [-0.2, 0) is 0 Å². The lowest BCUT2D eigenvalue weighted by Gasteiger charge is -2.35. The summed E-state index contributed by atoms with van der Waals surface area (Å²) < 4.78 is 0. The predicted molar refractivity (Wildman–Crippen MR) is 75.4 cm³/mol. The molecule has 2 N–H and O–H groups in total. The van der Waals surface area contributed by atoms with Crippen molar-refractivity contribution in [3.63, 3.8) is 0 Å². The van der Waals surface area contributed by atoms with Crippen LogP contribution in [0.1, 0.15) is 13.3 Å². The Labute approximate surface area is 116 Å². The zero-order valence-electron chi connectivity index (χ0n) is 11.0. The number of hydrogen-bond acceptors (Lipinski definition) is 5. The second kappa shape index (κ2) is 4.94. The van der Waals surface area contributed by atoms with Crippen LogP contribution in [-0.4, -0.2) is 51.0 Å². The Morgan fingerprint density at radius 3 is 3.11 bits per heavy atom. The minimum Gasteiger partial charge on any atom is -0.365 e. The lowest BCUT2D eigenvalue weighted by Crippen LogP contribution is -2.43. The van der Waals surface area contributed by atoms with Gasteiger partial charge in [-0.05, 0) is 37.5 Å². The summed E-state index contributed by atoms with van der Waals surface area (Å²) in [6.45, 7) is 4.43. The summed E-state index contributed by atoms with van der Waals surface area (Å²) in [6.07, 6.45) is 2.70. The molecular weight excluding hydrogens is 264 g/mol. The Balaban J connectivity index is 1.86. The summed E-state index contributed by atoms with van der Waals surface area (Å²) in [5.74, 6) is 1.30. The average molecular weight is 281 g/mol. The molecule has 2 unspecified atom stereocenters. The third-order valence-electron chi connectivity index (χ3n) is 3.69. The first-order valence-electron chi connectivity index (χ1n) is 6.45. The normalized spacial score (nSPS) is 24.8. The highest BCUT2D eigenvalue weighted by atomic mass is 35.5. The number of H-pyrrole nitrogens is 1. The summed E-state index contributed by atoms with van der Waals surface area (Å²) in [5.41, 5.74) is 1.42. The van der Waals surface area contributed by atoms with Crippen molar-refractivity contribution >= 4 is 28.6 Å². The van der Waals surface area contributed by atoms with Crippen LogP contribution in [0.25, 0.3) is 11.2 Å². The van der Waals surface area contributed by atoms with Crippen LogP contribution < -0.4 is 5.32 Å². The number of imidazole rings is 1. The molecule has 1 saturated heterocycles. The molecule has 2 aromatic heterocycles. The fraction of sp³-hybridized carbons (Fsp3) is 0.583. The third-order valence-corrected chi connectivity index (χ3v) is 3.86. The molecule has 3 rings (SSSR count). The number of rotatable bonds is 2. The van der Waals surface area contributed by atoms with E-state index in [4.69, 9.17) is 11.6 Å². The largest absolute Gasteiger partial charge is 0.365 e. The minimum absolute atomic E-state index is 0.225. The van der Waals surface area contributed by atoms with Gasteiger partial charge in [0.25, 0.3) is 0 Å². The van der Waals surface area contributed by atoms with E-state index in [0.717, 1.165) is 30.8 Å². The van der Waals surface area contributed by atoms with Gasteiger partial charge in [0.1, 0.15) is 5.52 Å². The standard InChI is InChI=1S/C12H17ClN6/c1-7-5-19(2)4-3-8(7)16-11-9-10(15-6-14-9)17-12(13)18-11/h6-8H,3-5H2,1-2H3,(H2,14,15,16,17,18). The highest BCUT2D eigenvalue weighted by molar-refractivity contribution is 6.28. The molecule has 19 heavy (non-hydrogen) atoms. The Kier molecular flexibility index (Phi) is 3.28. The molecule has 0 radical (unpaired) electrons. The maximum atomic E-state index is 5.93. The van der Waals surface area contributed by atoms with Crippen LogP contribution in [0.5, 0.6) is 0 Å². The van der Waals surface area contributed by atoms with Crippen molar-refractivity contribution in [1.82, 2.24) is 24.8 Å². The molecule has 2 atom stereocenters. The van der Waals surface area contributed by atoms with Crippen LogP contribution in [0.4, 0.5) is 5.82 Å². The van der Waals surface area contributed by atoms with Crippen molar-refractivity contribution in [2.24, 2.45) is 5.92 Å². The molecule has 0 aliphatic carbocycles. The molecule has 0 saturated carbocycles. The Morgan fingerprint density at radius 2 is 2.32 bits per heavy atom. The predicted octanol–water partition coefficient (Wildman–Crippen LogP) is 1.76. The van der Waals surface area contributed by atoms with E-state index >= 15 is 0 Å². The first-order valence-corrected chi connectivity index (χ1v) is 6.83. The van der Waals surface area contributed by atoms with Crippen LogP contribution in [0, 0.1) is 5.92 Å². The summed E-state index contributed by atoms with van der Waals surface area (Å²) in [4.78, 5) is 17.9. The van der Waals surface area contributed by atoms with Gasteiger partial charge in [-0.3, -0.25) is 0 Å². The second-order valence-corrected chi connectivity index (χ2v) is 5.56. The van der Waals surface area contributed by atoms with Gasteiger partial charge in [-0.1, -0.05) is 6.92 Å². The number of aromatic amines is 1. The molecule has 0 spiro atoms. The SMILES string of the molecule is CC1CN(C)CCC1Nc1nc(Cl)nc2nc[nH]c12. The molecule has 0 amide bonds. The molecule has 1 aliphatic heterocycles. The molecule has 7 heteroatoms. The summed E-state index contributed by atoms with van der Waals surface area (Å²) in [5, 5.41) is 3.71. The number of nitrogens with zero attached hydrogens (tertiary/aromatic N) is 4. The van der Waals surface area contributed by atoms with Crippen LogP contribution in [0.3, 0.4) is 0 Å². The molecule has 6 nitrogen and oxygen atoms in total. The van der Waals surface area contributed by atoms with Crippen molar-refractivity contribution in [2.75, 3.05) is 25.5 Å². The van der Waals surface area contributed by atoms with Gasteiger partial charge in [0, 0.05) is 12.6 Å². The monoisotopic (exact) mass is 280 g/mol. The molecule has 1 fully saturated rings. The number of nitrogens with one attached hydrogen (secondary N) is 2. The number of fused-ring (bicyclic) bond motifs is 1. The van der Waals surface area contributed by atoms with Crippen molar-refractivity contribution in [3.05, 3.63) is 11.6 Å². The van der Waals surface area contributed by atoms with Crippen LogP contribution in [0.2, 0.25) is 5.28 Å². The first-order chi connectivity index (χ1) is 9.13. The van der Waals surface area contributed by atoms with Gasteiger partial charge in [0.15, 0.2) is 11.5 Å². The van der Waals surface area contributed by atoms with Gasteiger partial charge >= 0.3 is 0 Å². The molecule has 1 aliphatic rings. The molecule has 2 aromatic rings. The summed E-state index contributed by atoms with van der Waals surface area (Å²) in [7, 11) is 2.15. The van der Waals surface area contributed by atoms with E-state index in [9.17, 15) is 0 Å². The van der Waals surface area contributed by atoms with E-state index in [1.807, 2.05) is 0 Å². The maximum Gasteiger partial charge on any atom is 0.226 e. The van der Waals surface area contributed by atoms with Crippen LogP contribution >= 0.6 is 11.6 Å². The zero-order valence-corrected chi connectivity index (χ0v) is 11.8. The van der Waals surface area contributed by atoms with Gasteiger partial charge in [0.2, 0.25) is 5.28 Å². The van der Waals surface area contributed by atoms with Gasteiger partial charge in [0.05, 0.1) is 6.33 Å². The third kappa shape index (κ3) is 2.50. The molecule has 3 heterocycles. The second-order valence-electron chi connectivity index (χ2n) is 5.22. The summed E-state index contributed by atoms with van der Waals surface area (Å²) >= 11 is 5.93. The Bertz CT molecular complexity index is 583. The van der Waals surface area contributed by atoms with E-state index in [1.165, 1.54) is 0 Å². The number of likely N-dealkylation sites (tertiary alicyclic amines) is 1. The van der Waals surface area contributed by atoms with Gasteiger partial charge in [-0.25, -0.2) is 4.98 Å². The van der Waals surface area contributed by atoms with Crippen molar-refractivity contribution < 1.29 is 0 Å². The van der Waals surface area contributed by atoms with E-state index in [-0.39, 0.29) is 5.28 Å². The number of anilines is 1. The lowest BCUT2D eigenvalue weighted by atomic mass is 9.94. The lowest BCUT2D eigenvalue weighted by molar-refractivity contribution is 0.206. The molecule has 0 bridgehead atoms. The summed E-state index contributed by atoms with van der Waals surface area (Å²) in [6, 6.07) is 0.397. The van der Waals surface area contributed by atoms with E-state index < -0.39 is 0 Å². The zero-order chi connectivity index (χ0) is 13.4.